The van der Waals surface area contributed by atoms with Crippen molar-refractivity contribution in [1.29, 1.82) is 0 Å². The molecule has 2 aliphatic rings. The zero-order valence-electron chi connectivity index (χ0n) is 13.2. The highest BCUT2D eigenvalue weighted by atomic mass is 32.2. The first-order valence-corrected chi connectivity index (χ1v) is 9.75. The fourth-order valence-electron chi connectivity index (χ4n) is 3.18. The summed E-state index contributed by atoms with van der Waals surface area (Å²) in [5.41, 5.74) is 1.16. The van der Waals surface area contributed by atoms with E-state index < -0.39 is 10.0 Å². The number of amides is 1. The molecular formula is C16H22N2O4S. The third-order valence-corrected chi connectivity index (χ3v) is 5.71. The molecule has 1 saturated heterocycles. The Morgan fingerprint density at radius 2 is 2.17 bits per heavy atom. The lowest BCUT2D eigenvalue weighted by Gasteiger charge is -2.30. The Kier molecular flexibility index (Phi) is 4.59. The molecule has 2 aliphatic heterocycles. The quantitative estimate of drug-likeness (QED) is 0.880. The van der Waals surface area contributed by atoms with Crippen molar-refractivity contribution in [2.75, 3.05) is 25.9 Å². The van der Waals surface area contributed by atoms with Crippen molar-refractivity contribution in [2.45, 2.75) is 25.4 Å². The van der Waals surface area contributed by atoms with E-state index in [-0.39, 0.29) is 24.5 Å². The van der Waals surface area contributed by atoms with E-state index >= 15 is 0 Å². The van der Waals surface area contributed by atoms with Crippen LogP contribution in [-0.4, -0.2) is 50.6 Å². The van der Waals surface area contributed by atoms with Crippen molar-refractivity contribution in [3.05, 3.63) is 29.8 Å². The van der Waals surface area contributed by atoms with Crippen LogP contribution in [0, 0.1) is 5.92 Å². The largest absolute Gasteiger partial charge is 0.488 e. The van der Waals surface area contributed by atoms with Gasteiger partial charge in [-0.15, -0.1) is 0 Å². The van der Waals surface area contributed by atoms with Gasteiger partial charge in [0.15, 0.2) is 0 Å². The zero-order valence-corrected chi connectivity index (χ0v) is 14.0. The summed E-state index contributed by atoms with van der Waals surface area (Å²) in [6.45, 7) is 1.23. The second kappa shape index (κ2) is 6.49. The van der Waals surface area contributed by atoms with Crippen LogP contribution in [0.1, 0.15) is 18.4 Å². The predicted octanol–water partition coefficient (Wildman–Crippen LogP) is 0.778. The molecule has 1 fully saturated rings. The first kappa shape index (κ1) is 16.3. The molecular weight excluding hydrogens is 316 g/mol. The molecule has 2 atom stereocenters. The van der Waals surface area contributed by atoms with Crippen LogP contribution in [0.15, 0.2) is 24.3 Å². The van der Waals surface area contributed by atoms with Gasteiger partial charge in [0.1, 0.15) is 11.9 Å². The van der Waals surface area contributed by atoms with Crippen molar-refractivity contribution in [1.82, 2.24) is 9.62 Å². The van der Waals surface area contributed by atoms with Gasteiger partial charge in [-0.2, -0.15) is 0 Å². The van der Waals surface area contributed by atoms with Crippen LogP contribution < -0.4 is 10.1 Å². The predicted molar refractivity (Wildman–Crippen MR) is 86.7 cm³/mol. The normalized spacial score (nSPS) is 24.7. The number of sulfonamides is 1. The fraction of sp³-hybridized carbons (Fsp3) is 0.562. The highest BCUT2D eigenvalue weighted by Crippen LogP contribution is 2.27. The van der Waals surface area contributed by atoms with Gasteiger partial charge in [-0.3, -0.25) is 4.79 Å². The number of carbonyl (C=O) groups excluding carboxylic acids is 1. The van der Waals surface area contributed by atoms with Gasteiger partial charge in [-0.25, -0.2) is 12.7 Å². The lowest BCUT2D eigenvalue weighted by Crippen LogP contribution is -2.46. The molecule has 0 aromatic heterocycles. The van der Waals surface area contributed by atoms with Crippen LogP contribution in [0.5, 0.6) is 5.75 Å². The number of piperidine rings is 1. The molecule has 0 aliphatic carbocycles. The van der Waals surface area contributed by atoms with Crippen LogP contribution in [0.3, 0.4) is 0 Å². The molecule has 0 radical (unpaired) electrons. The van der Waals surface area contributed by atoms with E-state index in [1.807, 2.05) is 24.3 Å². The van der Waals surface area contributed by atoms with Gasteiger partial charge in [0, 0.05) is 19.5 Å². The maximum Gasteiger partial charge on any atom is 0.224 e. The summed E-state index contributed by atoms with van der Waals surface area (Å²) in [6.07, 6.45) is 3.37. The highest BCUT2D eigenvalue weighted by molar-refractivity contribution is 7.88. The van der Waals surface area contributed by atoms with E-state index in [1.54, 1.807) is 0 Å². The Hall–Kier alpha value is -1.60. The van der Waals surface area contributed by atoms with Gasteiger partial charge in [0.25, 0.3) is 0 Å². The number of benzene rings is 1. The van der Waals surface area contributed by atoms with Gasteiger partial charge in [-0.1, -0.05) is 18.2 Å². The number of hydrogen-bond acceptors (Lipinski definition) is 4. The number of rotatable bonds is 4. The summed E-state index contributed by atoms with van der Waals surface area (Å²) in [5.74, 6) is 0.521. The first-order chi connectivity index (χ1) is 10.9. The number of carbonyl (C=O) groups is 1. The second-order valence-electron chi connectivity index (χ2n) is 6.26. The minimum absolute atomic E-state index is 0.0500. The summed E-state index contributed by atoms with van der Waals surface area (Å²) in [6, 6.07) is 7.87. The van der Waals surface area contributed by atoms with E-state index in [2.05, 4.69) is 5.32 Å². The van der Waals surface area contributed by atoms with Crippen LogP contribution in [0.2, 0.25) is 0 Å². The molecule has 2 heterocycles. The van der Waals surface area contributed by atoms with E-state index in [0.29, 0.717) is 13.1 Å². The second-order valence-corrected chi connectivity index (χ2v) is 8.24. The number of fused-ring (bicyclic) bond motifs is 1. The van der Waals surface area contributed by atoms with Gasteiger partial charge in [0.05, 0.1) is 18.7 Å². The number of para-hydroxylation sites is 1. The monoisotopic (exact) mass is 338 g/mol. The molecule has 1 aromatic carbocycles. The van der Waals surface area contributed by atoms with Crippen molar-refractivity contribution < 1.29 is 17.9 Å². The summed E-state index contributed by atoms with van der Waals surface area (Å²) in [5, 5.41) is 2.92. The molecule has 6 nitrogen and oxygen atoms in total. The van der Waals surface area contributed by atoms with Gasteiger partial charge >= 0.3 is 0 Å². The number of nitrogens with zero attached hydrogens (tertiary/aromatic N) is 1. The van der Waals surface area contributed by atoms with E-state index in [1.165, 1.54) is 10.6 Å². The lowest BCUT2D eigenvalue weighted by molar-refractivity contribution is -0.126. The zero-order chi connectivity index (χ0) is 16.4. The van der Waals surface area contributed by atoms with Crippen LogP contribution in [-0.2, 0) is 21.2 Å². The smallest absolute Gasteiger partial charge is 0.224 e. The van der Waals surface area contributed by atoms with E-state index in [9.17, 15) is 13.2 Å². The lowest BCUT2D eigenvalue weighted by atomic mass is 9.98. The van der Waals surface area contributed by atoms with E-state index in [0.717, 1.165) is 30.6 Å². The summed E-state index contributed by atoms with van der Waals surface area (Å²) in [4.78, 5) is 12.3. The number of ether oxygens (including phenoxy) is 1. The van der Waals surface area contributed by atoms with Gasteiger partial charge in [0.2, 0.25) is 15.9 Å². The molecule has 1 amide bonds. The summed E-state index contributed by atoms with van der Waals surface area (Å²) >= 11 is 0. The Labute approximate surface area is 136 Å². The van der Waals surface area contributed by atoms with Crippen molar-refractivity contribution in [2.24, 2.45) is 5.92 Å². The molecule has 1 N–H and O–H groups in total. The van der Waals surface area contributed by atoms with Crippen LogP contribution in [0.25, 0.3) is 0 Å². The van der Waals surface area contributed by atoms with Gasteiger partial charge < -0.3 is 10.1 Å². The Balaban J connectivity index is 1.50. The average Bonchev–Trinajstić information content (AvgIpc) is 2.95. The van der Waals surface area contributed by atoms with Crippen LogP contribution >= 0.6 is 0 Å². The molecule has 0 spiro atoms. The van der Waals surface area contributed by atoms with Crippen molar-refractivity contribution in [3.63, 3.8) is 0 Å². The molecule has 23 heavy (non-hydrogen) atoms. The fourth-order valence-corrected chi connectivity index (χ4v) is 4.10. The first-order valence-electron chi connectivity index (χ1n) is 7.91. The van der Waals surface area contributed by atoms with Crippen molar-refractivity contribution in [3.8, 4) is 5.75 Å². The average molecular weight is 338 g/mol. The summed E-state index contributed by atoms with van der Waals surface area (Å²) in [7, 11) is -3.23. The number of hydrogen-bond donors (Lipinski definition) is 1. The SMILES string of the molecule is CS(=O)(=O)N1CCCC(C(=O)NCC2Cc3ccccc3O2)C1. The van der Waals surface area contributed by atoms with Crippen molar-refractivity contribution >= 4 is 15.9 Å². The maximum absolute atomic E-state index is 12.3. The third kappa shape index (κ3) is 3.84. The molecule has 3 rings (SSSR count). The molecule has 1 aromatic rings. The Morgan fingerprint density at radius 3 is 2.91 bits per heavy atom. The maximum atomic E-state index is 12.3. The highest BCUT2D eigenvalue weighted by Gasteiger charge is 2.31. The molecule has 0 saturated carbocycles. The number of nitrogens with one attached hydrogen (secondary N) is 1. The Bertz CT molecular complexity index is 664. The summed E-state index contributed by atoms with van der Waals surface area (Å²) < 4.78 is 30.4. The standard InChI is InChI=1S/C16H22N2O4S/c1-23(20,21)18-8-4-6-13(11-18)16(19)17-10-14-9-12-5-2-3-7-15(12)22-14/h2-3,5,7,13-14H,4,6,8-11H2,1H3,(H,17,19). The molecule has 7 heteroatoms. The molecule has 2 unspecified atom stereocenters. The van der Waals surface area contributed by atoms with Crippen LogP contribution in [0.4, 0.5) is 0 Å². The molecule has 0 bridgehead atoms. The minimum atomic E-state index is -3.23. The third-order valence-electron chi connectivity index (χ3n) is 4.44. The topological polar surface area (TPSA) is 75.7 Å². The Morgan fingerprint density at radius 1 is 1.39 bits per heavy atom. The van der Waals surface area contributed by atoms with Gasteiger partial charge in [-0.05, 0) is 24.5 Å². The molecule has 126 valence electrons. The van der Waals surface area contributed by atoms with E-state index in [4.69, 9.17) is 4.74 Å². The minimum Gasteiger partial charge on any atom is -0.488 e.